The number of carbonyl (C=O) groups is 1. The lowest BCUT2D eigenvalue weighted by molar-refractivity contribution is -0.242. The third kappa shape index (κ3) is 4.64. The van der Waals surface area contributed by atoms with Crippen LogP contribution in [0.3, 0.4) is 0 Å². The summed E-state index contributed by atoms with van der Waals surface area (Å²) >= 11 is 6.00. The fourth-order valence-electron chi connectivity index (χ4n) is 1.90. The maximum atomic E-state index is 12.7. The highest BCUT2D eigenvalue weighted by molar-refractivity contribution is 6.34. The second kappa shape index (κ2) is 7.33. The van der Waals surface area contributed by atoms with Gasteiger partial charge in [-0.3, -0.25) is 4.79 Å². The van der Waals surface area contributed by atoms with Gasteiger partial charge in [0.15, 0.2) is 0 Å². The number of alkyl halides is 3. The van der Waals surface area contributed by atoms with E-state index in [0.717, 1.165) is 5.56 Å². The van der Waals surface area contributed by atoms with Gasteiger partial charge in [0, 0.05) is 12.2 Å². The molecule has 0 saturated carbocycles. The summed E-state index contributed by atoms with van der Waals surface area (Å²) in [5.74, 6) is -1.60. The Morgan fingerprint density at radius 3 is 2.36 bits per heavy atom. The van der Waals surface area contributed by atoms with Gasteiger partial charge in [0.1, 0.15) is 0 Å². The van der Waals surface area contributed by atoms with Crippen molar-refractivity contribution in [1.82, 2.24) is 0 Å². The number of rotatable bonds is 5. The monoisotopic (exact) mass is 372 g/mol. The molecule has 1 amide bonds. The number of nitrogens with one attached hydrogen (secondary N) is 2. The van der Waals surface area contributed by atoms with E-state index in [-0.39, 0.29) is 10.7 Å². The summed E-state index contributed by atoms with van der Waals surface area (Å²) in [6.45, 7) is 0.914. The van der Waals surface area contributed by atoms with Crippen molar-refractivity contribution in [2.24, 2.45) is 0 Å². The maximum Gasteiger partial charge on any atom is 0.426 e. The van der Waals surface area contributed by atoms with Crippen molar-refractivity contribution in [1.29, 1.82) is 0 Å². The first-order valence-electron chi connectivity index (χ1n) is 7.29. The van der Waals surface area contributed by atoms with E-state index in [9.17, 15) is 23.1 Å². The van der Waals surface area contributed by atoms with Crippen LogP contribution < -0.4 is 10.6 Å². The van der Waals surface area contributed by atoms with E-state index >= 15 is 0 Å². The van der Waals surface area contributed by atoms with Crippen molar-refractivity contribution >= 4 is 28.9 Å². The Hall–Kier alpha value is -2.25. The lowest BCUT2D eigenvalue weighted by Crippen LogP contribution is -2.52. The van der Waals surface area contributed by atoms with E-state index in [0.29, 0.717) is 19.2 Å². The lowest BCUT2D eigenvalue weighted by atomic mass is 10.1. The Morgan fingerprint density at radius 2 is 1.80 bits per heavy atom. The van der Waals surface area contributed by atoms with Crippen LogP contribution in [0.15, 0.2) is 48.5 Å². The second-order valence-corrected chi connectivity index (χ2v) is 5.97. The first-order chi connectivity index (χ1) is 11.6. The minimum Gasteiger partial charge on any atom is -0.381 e. The Balaban J connectivity index is 2.05. The van der Waals surface area contributed by atoms with Gasteiger partial charge in [-0.15, -0.1) is 0 Å². The second-order valence-electron chi connectivity index (χ2n) is 5.56. The number of hydrogen-bond acceptors (Lipinski definition) is 3. The first kappa shape index (κ1) is 19.1. The molecule has 0 radical (unpaired) electrons. The van der Waals surface area contributed by atoms with Gasteiger partial charge in [0.2, 0.25) is 5.60 Å². The minimum absolute atomic E-state index is 0.0264. The van der Waals surface area contributed by atoms with Crippen LogP contribution in [0.1, 0.15) is 12.5 Å². The molecule has 0 bridgehead atoms. The van der Waals surface area contributed by atoms with Crippen LogP contribution in [-0.4, -0.2) is 22.8 Å². The zero-order valence-corrected chi connectivity index (χ0v) is 13.9. The molecule has 0 aliphatic rings. The third-order valence-corrected chi connectivity index (χ3v) is 3.86. The highest BCUT2D eigenvalue weighted by Gasteiger charge is 2.55. The van der Waals surface area contributed by atoms with Crippen LogP contribution in [0.2, 0.25) is 5.02 Å². The number of anilines is 2. The molecule has 2 aromatic carbocycles. The smallest absolute Gasteiger partial charge is 0.381 e. The van der Waals surface area contributed by atoms with Crippen LogP contribution in [0, 0.1) is 0 Å². The van der Waals surface area contributed by atoms with E-state index in [1.54, 1.807) is 6.07 Å². The first-order valence-corrected chi connectivity index (χ1v) is 7.67. The fourth-order valence-corrected chi connectivity index (χ4v) is 2.13. The molecule has 8 heteroatoms. The molecule has 0 heterocycles. The highest BCUT2D eigenvalue weighted by Crippen LogP contribution is 2.32. The Bertz CT molecular complexity index is 749. The molecular formula is C17H16ClF3N2O2. The van der Waals surface area contributed by atoms with Crippen LogP contribution in [-0.2, 0) is 11.3 Å². The van der Waals surface area contributed by atoms with Gasteiger partial charge in [-0.25, -0.2) is 0 Å². The largest absolute Gasteiger partial charge is 0.426 e. The van der Waals surface area contributed by atoms with Gasteiger partial charge in [0.25, 0.3) is 5.91 Å². The number of amides is 1. The molecule has 0 spiro atoms. The standard InChI is InChI=1S/C17H16ClF3N2O2/c1-16(25,17(19,20)21)15(24)23-14-8-7-12(9-13(14)18)22-10-11-5-3-2-4-6-11/h2-9,22,25H,10H2,1H3,(H,23,24)/t16-/m1/s1. The summed E-state index contributed by atoms with van der Waals surface area (Å²) in [5, 5.41) is 14.5. The molecule has 0 aliphatic carbocycles. The number of carbonyl (C=O) groups excluding carboxylic acids is 1. The van der Waals surface area contributed by atoms with E-state index in [4.69, 9.17) is 11.6 Å². The van der Waals surface area contributed by atoms with Crippen molar-refractivity contribution in [2.75, 3.05) is 10.6 Å². The number of benzene rings is 2. The molecule has 1 atom stereocenters. The SMILES string of the molecule is C[C@@](O)(C(=O)Nc1ccc(NCc2ccccc2)cc1Cl)C(F)(F)F. The summed E-state index contributed by atoms with van der Waals surface area (Å²) in [6.07, 6.45) is -5.10. The predicted molar refractivity (Wildman–Crippen MR) is 90.5 cm³/mol. The predicted octanol–water partition coefficient (Wildman–Crippen LogP) is 4.20. The molecule has 134 valence electrons. The van der Waals surface area contributed by atoms with Crippen molar-refractivity contribution in [3.05, 3.63) is 59.1 Å². The van der Waals surface area contributed by atoms with Gasteiger partial charge in [-0.05, 0) is 30.7 Å². The number of halogens is 4. The molecule has 2 rings (SSSR count). The Labute approximate surface area is 147 Å². The summed E-state index contributed by atoms with van der Waals surface area (Å²) in [4.78, 5) is 11.7. The van der Waals surface area contributed by atoms with Crippen molar-refractivity contribution in [3.63, 3.8) is 0 Å². The molecule has 0 unspecified atom stereocenters. The quantitative estimate of drug-likeness (QED) is 0.737. The van der Waals surface area contributed by atoms with Gasteiger partial charge >= 0.3 is 6.18 Å². The molecule has 4 nitrogen and oxygen atoms in total. The average molecular weight is 373 g/mol. The van der Waals surface area contributed by atoms with Crippen LogP contribution in [0.5, 0.6) is 0 Å². The van der Waals surface area contributed by atoms with E-state index < -0.39 is 17.7 Å². The molecule has 3 N–H and O–H groups in total. The zero-order chi connectivity index (χ0) is 18.7. The maximum absolute atomic E-state index is 12.7. The summed E-state index contributed by atoms with van der Waals surface area (Å²) in [5.41, 5.74) is -1.87. The number of aliphatic hydroxyl groups is 1. The zero-order valence-electron chi connectivity index (χ0n) is 13.2. The molecular weight excluding hydrogens is 357 g/mol. The molecule has 25 heavy (non-hydrogen) atoms. The van der Waals surface area contributed by atoms with Crippen molar-refractivity contribution in [2.45, 2.75) is 25.2 Å². The molecule has 0 aliphatic heterocycles. The van der Waals surface area contributed by atoms with Crippen molar-refractivity contribution < 1.29 is 23.1 Å². The van der Waals surface area contributed by atoms with Gasteiger partial charge < -0.3 is 15.7 Å². The van der Waals surface area contributed by atoms with E-state index in [2.05, 4.69) is 5.32 Å². The van der Waals surface area contributed by atoms with Gasteiger partial charge in [-0.2, -0.15) is 13.2 Å². The van der Waals surface area contributed by atoms with Gasteiger partial charge in [-0.1, -0.05) is 41.9 Å². The Kier molecular flexibility index (Phi) is 5.59. The fraction of sp³-hybridized carbons (Fsp3) is 0.235. The van der Waals surface area contributed by atoms with Crippen LogP contribution in [0.25, 0.3) is 0 Å². The molecule has 2 aromatic rings. The molecule has 0 aromatic heterocycles. The van der Waals surface area contributed by atoms with Crippen LogP contribution in [0.4, 0.5) is 24.5 Å². The topological polar surface area (TPSA) is 61.4 Å². The molecule has 0 saturated heterocycles. The Morgan fingerprint density at radius 1 is 1.16 bits per heavy atom. The normalized spacial score (nSPS) is 13.8. The van der Waals surface area contributed by atoms with Crippen molar-refractivity contribution in [3.8, 4) is 0 Å². The number of hydrogen-bond donors (Lipinski definition) is 3. The summed E-state index contributed by atoms with van der Waals surface area (Å²) in [7, 11) is 0. The van der Waals surface area contributed by atoms with E-state index in [1.165, 1.54) is 12.1 Å². The van der Waals surface area contributed by atoms with Gasteiger partial charge in [0.05, 0.1) is 10.7 Å². The molecule has 0 fully saturated rings. The minimum atomic E-state index is -5.10. The van der Waals surface area contributed by atoms with Crippen LogP contribution >= 0.6 is 11.6 Å². The lowest BCUT2D eigenvalue weighted by Gasteiger charge is -2.25. The van der Waals surface area contributed by atoms with E-state index in [1.807, 2.05) is 35.6 Å². The summed E-state index contributed by atoms with van der Waals surface area (Å²) in [6, 6.07) is 14.0. The average Bonchev–Trinajstić information content (AvgIpc) is 2.55. The highest BCUT2D eigenvalue weighted by atomic mass is 35.5. The summed E-state index contributed by atoms with van der Waals surface area (Å²) < 4.78 is 38.0. The third-order valence-electron chi connectivity index (χ3n) is 3.55.